The third kappa shape index (κ3) is 5.56. The van der Waals surface area contributed by atoms with E-state index < -0.39 is 5.82 Å². The van der Waals surface area contributed by atoms with Crippen molar-refractivity contribution in [3.8, 4) is 11.8 Å². The molecule has 3 aromatic carbocycles. The molecule has 0 spiro atoms. The zero-order valence-corrected chi connectivity index (χ0v) is 15.9. The molecule has 0 saturated carbocycles. The summed E-state index contributed by atoms with van der Waals surface area (Å²) in [7, 11) is 1.67. The quantitative estimate of drug-likeness (QED) is 0.649. The van der Waals surface area contributed by atoms with Crippen LogP contribution in [0.15, 0.2) is 72.8 Å². The summed E-state index contributed by atoms with van der Waals surface area (Å²) in [6, 6.07) is 22.5. The van der Waals surface area contributed by atoms with E-state index >= 15 is 0 Å². The minimum atomic E-state index is -0.579. The lowest BCUT2D eigenvalue weighted by Crippen LogP contribution is -2.30. The summed E-state index contributed by atoms with van der Waals surface area (Å²) in [5, 5.41) is 11.6. The van der Waals surface area contributed by atoms with E-state index in [1.54, 1.807) is 37.4 Å². The second-order valence-corrected chi connectivity index (χ2v) is 6.52. The molecule has 0 unspecified atom stereocenters. The molecule has 0 saturated heterocycles. The zero-order chi connectivity index (χ0) is 20.6. The predicted molar refractivity (Wildman–Crippen MR) is 109 cm³/mol. The van der Waals surface area contributed by atoms with Gasteiger partial charge in [-0.2, -0.15) is 5.26 Å². The average Bonchev–Trinajstić information content (AvgIpc) is 2.74. The van der Waals surface area contributed by atoms with E-state index in [1.165, 1.54) is 17.0 Å². The van der Waals surface area contributed by atoms with Crippen LogP contribution in [0.2, 0.25) is 0 Å². The van der Waals surface area contributed by atoms with Gasteiger partial charge in [-0.1, -0.05) is 42.5 Å². The summed E-state index contributed by atoms with van der Waals surface area (Å²) in [5.74, 6) is -0.507. The van der Waals surface area contributed by atoms with Crippen molar-refractivity contribution in [1.29, 1.82) is 5.26 Å². The minimum absolute atomic E-state index is 0.0722. The Hall–Kier alpha value is -3.85. The van der Waals surface area contributed by atoms with Crippen molar-refractivity contribution in [3.63, 3.8) is 0 Å². The third-order valence-electron chi connectivity index (χ3n) is 4.24. The maximum atomic E-state index is 14.4. The van der Waals surface area contributed by atoms with Crippen molar-refractivity contribution in [2.24, 2.45) is 0 Å². The van der Waals surface area contributed by atoms with Crippen LogP contribution in [-0.4, -0.2) is 18.0 Å². The SMILES string of the molecule is CN(Cc1ccccc1)C(=O)Nc1ccc(OCc2cccc(C#N)c2)c(F)c1. The second kappa shape index (κ2) is 9.38. The van der Waals surface area contributed by atoms with E-state index in [4.69, 9.17) is 10.00 Å². The van der Waals surface area contributed by atoms with Crippen molar-refractivity contribution >= 4 is 11.7 Å². The molecule has 5 nitrogen and oxygen atoms in total. The number of ether oxygens (including phenoxy) is 1. The smallest absolute Gasteiger partial charge is 0.321 e. The maximum Gasteiger partial charge on any atom is 0.321 e. The monoisotopic (exact) mass is 389 g/mol. The minimum Gasteiger partial charge on any atom is -0.486 e. The number of benzene rings is 3. The first-order valence-electron chi connectivity index (χ1n) is 9.02. The van der Waals surface area contributed by atoms with Gasteiger partial charge in [-0.3, -0.25) is 0 Å². The molecular weight excluding hydrogens is 369 g/mol. The Balaban J connectivity index is 1.58. The molecule has 29 heavy (non-hydrogen) atoms. The van der Waals surface area contributed by atoms with Crippen LogP contribution in [-0.2, 0) is 13.2 Å². The summed E-state index contributed by atoms with van der Waals surface area (Å²) in [5.41, 5.74) is 2.62. The Kier molecular flexibility index (Phi) is 6.43. The molecular formula is C23H20FN3O2. The topological polar surface area (TPSA) is 65.4 Å². The van der Waals surface area contributed by atoms with Crippen molar-refractivity contribution in [2.75, 3.05) is 12.4 Å². The van der Waals surface area contributed by atoms with Crippen molar-refractivity contribution in [1.82, 2.24) is 4.90 Å². The lowest BCUT2D eigenvalue weighted by Gasteiger charge is -2.18. The highest BCUT2D eigenvalue weighted by atomic mass is 19.1. The Morgan fingerprint density at radius 1 is 1.07 bits per heavy atom. The fourth-order valence-electron chi connectivity index (χ4n) is 2.74. The number of nitrogens with zero attached hydrogens (tertiary/aromatic N) is 2. The molecule has 0 aliphatic rings. The van der Waals surface area contributed by atoms with Crippen LogP contribution in [0.4, 0.5) is 14.9 Å². The number of urea groups is 1. The molecule has 0 heterocycles. The fourth-order valence-corrected chi connectivity index (χ4v) is 2.74. The molecule has 0 aromatic heterocycles. The summed E-state index contributed by atoms with van der Waals surface area (Å²) in [6.07, 6.45) is 0. The fraction of sp³-hybridized carbons (Fsp3) is 0.130. The van der Waals surface area contributed by atoms with Gasteiger partial charge in [-0.15, -0.1) is 0 Å². The van der Waals surface area contributed by atoms with Crippen LogP contribution < -0.4 is 10.1 Å². The summed E-state index contributed by atoms with van der Waals surface area (Å²) < 4.78 is 19.9. The van der Waals surface area contributed by atoms with E-state index in [9.17, 15) is 9.18 Å². The van der Waals surface area contributed by atoms with Crippen LogP contribution in [0.1, 0.15) is 16.7 Å². The van der Waals surface area contributed by atoms with E-state index in [2.05, 4.69) is 11.4 Å². The molecule has 3 aromatic rings. The number of halogens is 1. The maximum absolute atomic E-state index is 14.4. The number of carbonyl (C=O) groups is 1. The Labute approximate surface area is 169 Å². The standard InChI is InChI=1S/C23H20FN3O2/c1-27(15-17-6-3-2-4-7-17)23(28)26-20-10-11-22(21(24)13-20)29-16-19-9-5-8-18(12-19)14-25/h2-13H,15-16H2,1H3,(H,26,28). The van der Waals surface area contributed by atoms with Gasteiger partial charge in [0.2, 0.25) is 0 Å². The largest absolute Gasteiger partial charge is 0.486 e. The van der Waals surface area contributed by atoms with Gasteiger partial charge in [0.25, 0.3) is 0 Å². The number of nitriles is 1. The first kappa shape index (κ1) is 19.9. The summed E-state index contributed by atoms with van der Waals surface area (Å²) in [4.78, 5) is 13.8. The molecule has 1 N–H and O–H groups in total. The van der Waals surface area contributed by atoms with Gasteiger partial charge in [-0.25, -0.2) is 9.18 Å². The number of anilines is 1. The van der Waals surface area contributed by atoms with Gasteiger partial charge in [0.15, 0.2) is 11.6 Å². The van der Waals surface area contributed by atoms with Gasteiger partial charge in [0.1, 0.15) is 6.61 Å². The van der Waals surface area contributed by atoms with Crippen molar-refractivity contribution < 1.29 is 13.9 Å². The Bertz CT molecular complexity index is 1030. The first-order valence-corrected chi connectivity index (χ1v) is 9.02. The Morgan fingerprint density at radius 2 is 1.83 bits per heavy atom. The summed E-state index contributed by atoms with van der Waals surface area (Å²) in [6.45, 7) is 0.579. The molecule has 0 radical (unpaired) electrons. The number of carbonyl (C=O) groups excluding carboxylic acids is 1. The van der Waals surface area contributed by atoms with E-state index in [1.807, 2.05) is 30.3 Å². The predicted octanol–water partition coefficient (Wildman–Crippen LogP) is 4.94. The van der Waals surface area contributed by atoms with Gasteiger partial charge in [-0.05, 0) is 35.4 Å². The van der Waals surface area contributed by atoms with Gasteiger partial charge in [0, 0.05) is 25.3 Å². The van der Waals surface area contributed by atoms with Crippen LogP contribution >= 0.6 is 0 Å². The Morgan fingerprint density at radius 3 is 2.55 bits per heavy atom. The van der Waals surface area contributed by atoms with Gasteiger partial charge in [0.05, 0.1) is 11.6 Å². The van der Waals surface area contributed by atoms with Crippen LogP contribution in [0.5, 0.6) is 5.75 Å². The number of rotatable bonds is 6. The van der Waals surface area contributed by atoms with Gasteiger partial charge >= 0.3 is 6.03 Å². The number of hydrogen-bond acceptors (Lipinski definition) is 3. The molecule has 146 valence electrons. The summed E-state index contributed by atoms with van der Waals surface area (Å²) >= 11 is 0. The highest BCUT2D eigenvalue weighted by Gasteiger charge is 2.12. The molecule has 0 aliphatic heterocycles. The van der Waals surface area contributed by atoms with E-state index in [0.717, 1.165) is 11.1 Å². The van der Waals surface area contributed by atoms with E-state index in [-0.39, 0.29) is 18.4 Å². The lowest BCUT2D eigenvalue weighted by atomic mass is 10.1. The van der Waals surface area contributed by atoms with Gasteiger partial charge < -0.3 is 15.0 Å². The molecule has 0 atom stereocenters. The zero-order valence-electron chi connectivity index (χ0n) is 15.9. The molecule has 2 amide bonds. The molecule has 0 aliphatic carbocycles. The number of amides is 2. The van der Waals surface area contributed by atoms with Crippen LogP contribution in [0, 0.1) is 17.1 Å². The first-order chi connectivity index (χ1) is 14.0. The van der Waals surface area contributed by atoms with Crippen molar-refractivity contribution in [2.45, 2.75) is 13.2 Å². The van der Waals surface area contributed by atoms with Crippen LogP contribution in [0.3, 0.4) is 0 Å². The average molecular weight is 389 g/mol. The number of nitrogens with one attached hydrogen (secondary N) is 1. The normalized spacial score (nSPS) is 10.1. The van der Waals surface area contributed by atoms with Crippen LogP contribution in [0.25, 0.3) is 0 Å². The second-order valence-electron chi connectivity index (χ2n) is 6.52. The van der Waals surface area contributed by atoms with Crippen molar-refractivity contribution in [3.05, 3.63) is 95.3 Å². The molecule has 3 rings (SSSR count). The third-order valence-corrected chi connectivity index (χ3v) is 4.24. The lowest BCUT2D eigenvalue weighted by molar-refractivity contribution is 0.220. The molecule has 0 bridgehead atoms. The highest BCUT2D eigenvalue weighted by molar-refractivity contribution is 5.89. The number of hydrogen-bond donors (Lipinski definition) is 1. The van der Waals surface area contributed by atoms with E-state index in [0.29, 0.717) is 17.8 Å². The molecule has 0 fully saturated rings. The highest BCUT2D eigenvalue weighted by Crippen LogP contribution is 2.22. The molecule has 6 heteroatoms.